The van der Waals surface area contributed by atoms with Crippen molar-refractivity contribution in [2.45, 2.75) is 19.4 Å². The highest BCUT2D eigenvalue weighted by atomic mass is 35.5. The van der Waals surface area contributed by atoms with Crippen molar-refractivity contribution in [2.24, 2.45) is 0 Å². The van der Waals surface area contributed by atoms with Crippen LogP contribution in [0.25, 0.3) is 11.1 Å². The molecule has 7 heteroatoms. The van der Waals surface area contributed by atoms with Crippen molar-refractivity contribution in [1.29, 1.82) is 0 Å². The third kappa shape index (κ3) is 4.65. The van der Waals surface area contributed by atoms with Crippen LogP contribution in [0, 0.1) is 0 Å². The number of halogens is 1. The second kappa shape index (κ2) is 9.24. The topological polar surface area (TPSA) is 86.7 Å². The van der Waals surface area contributed by atoms with Crippen molar-refractivity contribution in [3.63, 3.8) is 0 Å². The molecule has 0 radical (unpaired) electrons. The molecule has 0 fully saturated rings. The van der Waals surface area contributed by atoms with Gasteiger partial charge in [-0.2, -0.15) is 0 Å². The van der Waals surface area contributed by atoms with E-state index in [4.69, 9.17) is 16.7 Å². The molecule has 0 unspecified atom stereocenters. The van der Waals surface area contributed by atoms with Crippen LogP contribution in [0.4, 0.5) is 10.5 Å². The SMILES string of the molecule is O=C(O)CCNC(=O)c1ccc(N(Cc2ccc3c(c2)Cc2ccccc2-3)C(=O)Cl)cc1. The molecule has 2 amide bonds. The lowest BCUT2D eigenvalue weighted by Crippen LogP contribution is -2.27. The second-order valence-corrected chi connectivity index (χ2v) is 7.93. The Kier molecular flexibility index (Phi) is 6.23. The van der Waals surface area contributed by atoms with E-state index >= 15 is 0 Å². The minimum Gasteiger partial charge on any atom is -0.481 e. The Morgan fingerprint density at radius 3 is 2.38 bits per heavy atom. The minimum atomic E-state index is -0.979. The normalized spacial score (nSPS) is 11.4. The minimum absolute atomic E-state index is 0.0460. The van der Waals surface area contributed by atoms with E-state index in [1.54, 1.807) is 24.3 Å². The average Bonchev–Trinajstić information content (AvgIpc) is 3.15. The van der Waals surface area contributed by atoms with E-state index in [0.717, 1.165) is 12.0 Å². The van der Waals surface area contributed by atoms with Crippen molar-refractivity contribution in [3.8, 4) is 11.1 Å². The lowest BCUT2D eigenvalue weighted by atomic mass is 10.0. The molecule has 0 heterocycles. The van der Waals surface area contributed by atoms with Gasteiger partial charge in [0.2, 0.25) is 0 Å². The summed E-state index contributed by atoms with van der Waals surface area (Å²) in [5.74, 6) is -1.35. The van der Waals surface area contributed by atoms with E-state index in [0.29, 0.717) is 17.8 Å². The van der Waals surface area contributed by atoms with E-state index in [9.17, 15) is 14.4 Å². The van der Waals surface area contributed by atoms with Gasteiger partial charge in [0.15, 0.2) is 0 Å². The second-order valence-electron chi connectivity index (χ2n) is 7.61. The summed E-state index contributed by atoms with van der Waals surface area (Å²) in [7, 11) is 0. The highest BCUT2D eigenvalue weighted by Crippen LogP contribution is 2.37. The van der Waals surface area contributed by atoms with Crippen molar-refractivity contribution >= 4 is 34.5 Å². The number of carboxylic acids is 1. The zero-order valence-electron chi connectivity index (χ0n) is 17.2. The van der Waals surface area contributed by atoms with Crippen molar-refractivity contribution in [2.75, 3.05) is 11.4 Å². The van der Waals surface area contributed by atoms with Gasteiger partial charge in [0, 0.05) is 17.8 Å². The summed E-state index contributed by atoms with van der Waals surface area (Å²) in [6.07, 6.45) is 0.712. The molecule has 0 spiro atoms. The highest BCUT2D eigenvalue weighted by Gasteiger charge is 2.20. The van der Waals surface area contributed by atoms with Crippen molar-refractivity contribution in [3.05, 3.63) is 89.0 Å². The third-order valence-electron chi connectivity index (χ3n) is 5.48. The Bertz CT molecular complexity index is 1190. The van der Waals surface area contributed by atoms with Crippen LogP contribution in [0.15, 0.2) is 66.7 Å². The number of anilines is 1. The molecule has 4 rings (SSSR count). The van der Waals surface area contributed by atoms with Crippen LogP contribution in [0.2, 0.25) is 0 Å². The van der Waals surface area contributed by atoms with Gasteiger partial charge in [0.05, 0.1) is 13.0 Å². The number of aliphatic carboxylic acids is 1. The molecule has 0 aromatic heterocycles. The van der Waals surface area contributed by atoms with Gasteiger partial charge in [-0.25, -0.2) is 0 Å². The van der Waals surface area contributed by atoms with Gasteiger partial charge < -0.3 is 10.4 Å². The fourth-order valence-electron chi connectivity index (χ4n) is 3.91. The maximum Gasteiger partial charge on any atom is 0.321 e. The average molecular weight is 449 g/mol. The summed E-state index contributed by atoms with van der Waals surface area (Å²) in [5.41, 5.74) is 6.87. The van der Waals surface area contributed by atoms with E-state index in [2.05, 4.69) is 29.6 Å². The number of nitrogens with zero attached hydrogens (tertiary/aromatic N) is 1. The quantitative estimate of drug-likeness (QED) is 0.313. The number of amides is 2. The maximum absolute atomic E-state index is 12.1. The van der Waals surface area contributed by atoms with Crippen LogP contribution in [0.5, 0.6) is 0 Å². The number of benzene rings is 3. The Morgan fingerprint density at radius 1 is 0.938 bits per heavy atom. The zero-order valence-corrected chi connectivity index (χ0v) is 17.9. The van der Waals surface area contributed by atoms with Crippen LogP contribution in [-0.2, 0) is 17.8 Å². The fraction of sp³-hybridized carbons (Fsp3) is 0.160. The van der Waals surface area contributed by atoms with E-state index in [1.165, 1.54) is 27.2 Å². The molecule has 0 aliphatic heterocycles. The number of hydrogen-bond donors (Lipinski definition) is 2. The summed E-state index contributed by atoms with van der Waals surface area (Å²) in [5, 5.41) is 10.6. The first-order chi connectivity index (χ1) is 15.4. The predicted molar refractivity (Wildman–Crippen MR) is 123 cm³/mol. The Hall–Kier alpha value is -3.64. The molecule has 6 nitrogen and oxygen atoms in total. The maximum atomic E-state index is 12.1. The standard InChI is InChI=1S/C25H21ClN2O4/c26-25(32)28(20-8-6-17(7-9-20)24(31)27-12-11-23(29)30)15-16-5-10-22-19(13-16)14-18-3-1-2-4-21(18)22/h1-10,13H,11-12,14-15H2,(H,27,31)(H,29,30). The molecule has 0 atom stereocenters. The Morgan fingerprint density at radius 2 is 1.66 bits per heavy atom. The number of rotatable bonds is 7. The number of fused-ring (bicyclic) bond motifs is 3. The summed E-state index contributed by atoms with van der Waals surface area (Å²) in [6, 6.07) is 21.0. The lowest BCUT2D eigenvalue weighted by Gasteiger charge is -2.21. The molecular formula is C25H21ClN2O4. The Balaban J connectivity index is 1.48. The van der Waals surface area contributed by atoms with Gasteiger partial charge in [-0.05, 0) is 70.1 Å². The van der Waals surface area contributed by atoms with Crippen LogP contribution < -0.4 is 10.2 Å². The summed E-state index contributed by atoms with van der Waals surface area (Å²) in [4.78, 5) is 36.3. The molecule has 3 aromatic rings. The van der Waals surface area contributed by atoms with Gasteiger partial charge >= 0.3 is 11.3 Å². The Labute approximate surface area is 190 Å². The number of nitrogens with one attached hydrogen (secondary N) is 1. The third-order valence-corrected chi connectivity index (χ3v) is 5.68. The van der Waals surface area contributed by atoms with Gasteiger partial charge in [-0.1, -0.05) is 42.5 Å². The molecule has 0 saturated heterocycles. The van der Waals surface area contributed by atoms with Crippen LogP contribution in [0.1, 0.15) is 33.5 Å². The molecule has 2 N–H and O–H groups in total. The first kappa shape index (κ1) is 21.6. The summed E-state index contributed by atoms with van der Waals surface area (Å²) >= 11 is 5.87. The van der Waals surface area contributed by atoms with E-state index in [-0.39, 0.29) is 18.9 Å². The molecule has 3 aromatic carbocycles. The van der Waals surface area contributed by atoms with Gasteiger partial charge in [0.1, 0.15) is 0 Å². The van der Waals surface area contributed by atoms with E-state index < -0.39 is 11.3 Å². The number of carbonyl (C=O) groups is 3. The summed E-state index contributed by atoms with van der Waals surface area (Å²) < 4.78 is 0. The van der Waals surface area contributed by atoms with Gasteiger partial charge in [0.25, 0.3) is 5.91 Å². The van der Waals surface area contributed by atoms with Crippen molar-refractivity contribution < 1.29 is 19.5 Å². The molecule has 0 saturated carbocycles. The molecular weight excluding hydrogens is 428 g/mol. The van der Waals surface area contributed by atoms with Crippen LogP contribution in [0.3, 0.4) is 0 Å². The van der Waals surface area contributed by atoms with Gasteiger partial charge in [-0.3, -0.25) is 19.3 Å². The number of carbonyl (C=O) groups excluding carboxylic acids is 2. The summed E-state index contributed by atoms with van der Waals surface area (Å²) in [6.45, 7) is 0.348. The molecule has 1 aliphatic carbocycles. The molecule has 162 valence electrons. The first-order valence-electron chi connectivity index (χ1n) is 10.2. The largest absolute Gasteiger partial charge is 0.481 e. The number of carboxylic acid groups (broad SMARTS) is 1. The van der Waals surface area contributed by atoms with Crippen molar-refractivity contribution in [1.82, 2.24) is 5.32 Å². The monoisotopic (exact) mass is 448 g/mol. The zero-order chi connectivity index (χ0) is 22.7. The molecule has 32 heavy (non-hydrogen) atoms. The lowest BCUT2D eigenvalue weighted by molar-refractivity contribution is -0.136. The molecule has 1 aliphatic rings. The first-order valence-corrected chi connectivity index (χ1v) is 10.6. The fourth-order valence-corrected chi connectivity index (χ4v) is 4.07. The number of hydrogen-bond acceptors (Lipinski definition) is 3. The predicted octanol–water partition coefficient (Wildman–Crippen LogP) is 4.83. The molecule has 0 bridgehead atoms. The highest BCUT2D eigenvalue weighted by molar-refractivity contribution is 6.66. The van der Waals surface area contributed by atoms with E-state index in [1.807, 2.05) is 18.2 Å². The van der Waals surface area contributed by atoms with Crippen LogP contribution >= 0.6 is 11.6 Å². The van der Waals surface area contributed by atoms with Gasteiger partial charge in [-0.15, -0.1) is 0 Å². The smallest absolute Gasteiger partial charge is 0.321 e. The van der Waals surface area contributed by atoms with Crippen LogP contribution in [-0.4, -0.2) is 28.9 Å².